The molecular weight excluding hydrogens is 270 g/mol. The Balaban J connectivity index is 2.92. The zero-order valence-corrected chi connectivity index (χ0v) is 14.9. The third-order valence-electron chi connectivity index (χ3n) is 3.95. The topological polar surface area (TPSA) is 29.9 Å². The molecule has 0 aliphatic rings. The third-order valence-corrected chi connectivity index (χ3v) is 4.44. The molecule has 1 heterocycles. The van der Waals surface area contributed by atoms with Crippen molar-refractivity contribution >= 4 is 11.6 Å². The van der Waals surface area contributed by atoms with Gasteiger partial charge in [0.1, 0.15) is 0 Å². The van der Waals surface area contributed by atoms with Gasteiger partial charge in [-0.05, 0) is 52.9 Å². The summed E-state index contributed by atoms with van der Waals surface area (Å²) >= 11 is 6.44. The van der Waals surface area contributed by atoms with E-state index in [1.54, 1.807) is 0 Å². The van der Waals surface area contributed by atoms with Crippen molar-refractivity contribution in [2.45, 2.75) is 73.4 Å². The Labute approximate surface area is 129 Å². The summed E-state index contributed by atoms with van der Waals surface area (Å²) in [7, 11) is 0. The molecule has 1 aromatic heterocycles. The van der Waals surface area contributed by atoms with E-state index < -0.39 is 0 Å². The van der Waals surface area contributed by atoms with Gasteiger partial charge in [0.05, 0.1) is 16.4 Å². The number of hydrogen-bond donors (Lipinski definition) is 1. The molecule has 0 bridgehead atoms. The van der Waals surface area contributed by atoms with E-state index >= 15 is 0 Å². The number of halogens is 1. The van der Waals surface area contributed by atoms with Gasteiger partial charge in [-0.1, -0.05) is 25.4 Å². The molecule has 0 aromatic carbocycles. The van der Waals surface area contributed by atoms with E-state index in [-0.39, 0.29) is 11.0 Å². The number of nitrogens with one attached hydrogen (secondary N) is 1. The fourth-order valence-corrected chi connectivity index (χ4v) is 2.44. The Morgan fingerprint density at radius 3 is 2.25 bits per heavy atom. The van der Waals surface area contributed by atoms with Crippen LogP contribution in [0, 0.1) is 12.3 Å². The zero-order valence-electron chi connectivity index (χ0n) is 14.1. The maximum Gasteiger partial charge on any atom is 0.0847 e. The summed E-state index contributed by atoms with van der Waals surface area (Å²) in [6.07, 6.45) is 2.07. The van der Waals surface area contributed by atoms with Gasteiger partial charge >= 0.3 is 0 Å². The van der Waals surface area contributed by atoms with Crippen molar-refractivity contribution in [2.75, 3.05) is 6.54 Å². The highest BCUT2D eigenvalue weighted by Crippen LogP contribution is 2.31. The normalized spacial score (nSPS) is 15.4. The molecule has 3 nitrogen and oxygen atoms in total. The molecule has 0 aliphatic heterocycles. The summed E-state index contributed by atoms with van der Waals surface area (Å²) < 4.78 is 2.04. The average Bonchev–Trinajstić information content (AvgIpc) is 2.63. The molecule has 0 aliphatic carbocycles. The first-order valence-electron chi connectivity index (χ1n) is 7.58. The highest BCUT2D eigenvalue weighted by Gasteiger charge is 2.28. The SMILES string of the molecule is CCn1nc(C)c(Cl)c1CC(C)(CC)CNC(C)(C)C. The van der Waals surface area contributed by atoms with Crippen LogP contribution in [0.15, 0.2) is 0 Å². The van der Waals surface area contributed by atoms with Gasteiger partial charge in [0.15, 0.2) is 0 Å². The van der Waals surface area contributed by atoms with Gasteiger partial charge in [0.2, 0.25) is 0 Å². The van der Waals surface area contributed by atoms with Crippen molar-refractivity contribution < 1.29 is 0 Å². The maximum atomic E-state index is 6.44. The lowest BCUT2D eigenvalue weighted by molar-refractivity contribution is 0.249. The molecule has 20 heavy (non-hydrogen) atoms. The Hall–Kier alpha value is -0.540. The molecule has 0 saturated carbocycles. The molecule has 0 radical (unpaired) electrons. The molecule has 0 spiro atoms. The highest BCUT2D eigenvalue weighted by atomic mass is 35.5. The van der Waals surface area contributed by atoms with Gasteiger partial charge in [-0.15, -0.1) is 0 Å². The van der Waals surface area contributed by atoms with Crippen LogP contribution in [-0.4, -0.2) is 21.9 Å². The fourth-order valence-electron chi connectivity index (χ4n) is 2.23. The Bertz CT molecular complexity index is 445. The molecule has 1 aromatic rings. The molecule has 1 rings (SSSR count). The molecule has 4 heteroatoms. The van der Waals surface area contributed by atoms with Gasteiger partial charge in [-0.3, -0.25) is 4.68 Å². The predicted molar refractivity (Wildman–Crippen MR) is 87.5 cm³/mol. The highest BCUT2D eigenvalue weighted by molar-refractivity contribution is 6.31. The lowest BCUT2D eigenvalue weighted by Crippen LogP contribution is -2.43. The number of aromatic nitrogens is 2. The summed E-state index contributed by atoms with van der Waals surface area (Å²) in [5.74, 6) is 0. The van der Waals surface area contributed by atoms with Crippen molar-refractivity contribution in [3.63, 3.8) is 0 Å². The van der Waals surface area contributed by atoms with E-state index in [2.05, 4.69) is 52.0 Å². The summed E-state index contributed by atoms with van der Waals surface area (Å²) in [6, 6.07) is 0. The lowest BCUT2D eigenvalue weighted by Gasteiger charge is -2.33. The van der Waals surface area contributed by atoms with Gasteiger partial charge < -0.3 is 5.32 Å². The van der Waals surface area contributed by atoms with Crippen molar-refractivity contribution in [1.29, 1.82) is 0 Å². The summed E-state index contributed by atoms with van der Waals surface area (Å²) in [4.78, 5) is 0. The molecule has 0 amide bonds. The predicted octanol–water partition coefficient (Wildman–Crippen LogP) is 4.21. The summed E-state index contributed by atoms with van der Waals surface area (Å²) in [5.41, 5.74) is 2.44. The first-order valence-corrected chi connectivity index (χ1v) is 7.96. The minimum absolute atomic E-state index is 0.140. The van der Waals surface area contributed by atoms with Crippen LogP contribution in [-0.2, 0) is 13.0 Å². The molecule has 1 unspecified atom stereocenters. The fraction of sp³-hybridized carbons (Fsp3) is 0.812. The maximum absolute atomic E-state index is 6.44. The van der Waals surface area contributed by atoms with E-state index in [1.165, 1.54) is 5.69 Å². The van der Waals surface area contributed by atoms with Gasteiger partial charge in [-0.2, -0.15) is 5.10 Å². The molecular formula is C16H30ClN3. The van der Waals surface area contributed by atoms with Crippen molar-refractivity contribution in [1.82, 2.24) is 15.1 Å². The smallest absolute Gasteiger partial charge is 0.0847 e. The quantitative estimate of drug-likeness (QED) is 0.852. The third kappa shape index (κ3) is 4.49. The average molecular weight is 300 g/mol. The molecule has 1 N–H and O–H groups in total. The second kappa shape index (κ2) is 6.48. The van der Waals surface area contributed by atoms with E-state index in [1.807, 2.05) is 11.6 Å². The van der Waals surface area contributed by atoms with Crippen LogP contribution >= 0.6 is 11.6 Å². The Morgan fingerprint density at radius 1 is 1.20 bits per heavy atom. The van der Waals surface area contributed by atoms with Crippen LogP contribution in [0.3, 0.4) is 0 Å². The van der Waals surface area contributed by atoms with E-state index in [4.69, 9.17) is 11.6 Å². The number of aryl methyl sites for hydroxylation is 2. The largest absolute Gasteiger partial charge is 0.312 e. The van der Waals surface area contributed by atoms with Gasteiger partial charge in [0, 0.05) is 18.6 Å². The number of nitrogens with zero attached hydrogens (tertiary/aromatic N) is 2. The van der Waals surface area contributed by atoms with Crippen LogP contribution in [0.2, 0.25) is 5.02 Å². The lowest BCUT2D eigenvalue weighted by atomic mass is 9.82. The first-order chi connectivity index (χ1) is 9.12. The minimum atomic E-state index is 0.140. The van der Waals surface area contributed by atoms with Crippen LogP contribution in [0.5, 0.6) is 0 Å². The van der Waals surface area contributed by atoms with Crippen LogP contribution < -0.4 is 5.32 Å². The number of rotatable bonds is 6. The van der Waals surface area contributed by atoms with Crippen molar-refractivity contribution in [3.05, 3.63) is 16.4 Å². The molecule has 1 atom stereocenters. The number of hydrogen-bond acceptors (Lipinski definition) is 2. The van der Waals surface area contributed by atoms with Crippen molar-refractivity contribution in [2.24, 2.45) is 5.41 Å². The van der Waals surface area contributed by atoms with Crippen LogP contribution in [0.4, 0.5) is 0 Å². The monoisotopic (exact) mass is 299 g/mol. The second-order valence-electron chi connectivity index (χ2n) is 7.11. The standard InChI is InChI=1S/C16H30ClN3/c1-8-16(7,11-18-15(4,5)6)10-13-14(17)12(3)19-20(13)9-2/h18H,8-11H2,1-7H3. The van der Waals surface area contributed by atoms with Gasteiger partial charge in [-0.25, -0.2) is 0 Å². The first kappa shape index (κ1) is 17.5. The molecule has 0 fully saturated rings. The summed E-state index contributed by atoms with van der Waals surface area (Å²) in [6.45, 7) is 17.1. The Kier molecular flexibility index (Phi) is 5.68. The molecule has 116 valence electrons. The second-order valence-corrected chi connectivity index (χ2v) is 7.48. The van der Waals surface area contributed by atoms with Crippen LogP contribution in [0.1, 0.15) is 59.4 Å². The molecule has 0 saturated heterocycles. The minimum Gasteiger partial charge on any atom is -0.312 e. The summed E-state index contributed by atoms with van der Waals surface area (Å²) in [5, 5.41) is 8.98. The van der Waals surface area contributed by atoms with E-state index in [9.17, 15) is 0 Å². The van der Waals surface area contributed by atoms with Gasteiger partial charge in [0.25, 0.3) is 0 Å². The zero-order chi connectivity index (χ0) is 15.6. The van der Waals surface area contributed by atoms with Crippen molar-refractivity contribution in [3.8, 4) is 0 Å². The van der Waals surface area contributed by atoms with E-state index in [0.717, 1.165) is 36.6 Å². The van der Waals surface area contributed by atoms with E-state index in [0.29, 0.717) is 0 Å². The van der Waals surface area contributed by atoms with Crippen LogP contribution in [0.25, 0.3) is 0 Å². The Morgan fingerprint density at radius 2 is 1.80 bits per heavy atom.